The van der Waals surface area contributed by atoms with Crippen molar-refractivity contribution < 1.29 is 4.42 Å². The number of nitrogens with zero attached hydrogens (tertiary/aromatic N) is 3. The van der Waals surface area contributed by atoms with Crippen LogP contribution in [0.15, 0.2) is 120 Å². The molecule has 168 valence electrons. The van der Waals surface area contributed by atoms with Crippen LogP contribution in [-0.2, 0) is 0 Å². The van der Waals surface area contributed by atoms with Crippen LogP contribution >= 0.6 is 0 Å². The van der Waals surface area contributed by atoms with E-state index < -0.39 is 0 Å². The molecule has 0 atom stereocenters. The third-order valence-electron chi connectivity index (χ3n) is 7.00. The molecule has 0 aliphatic rings. The number of aromatic nitrogens is 3. The molecule has 0 amide bonds. The maximum Gasteiger partial charge on any atom is 0.236 e. The van der Waals surface area contributed by atoms with Crippen molar-refractivity contribution in [2.75, 3.05) is 0 Å². The van der Waals surface area contributed by atoms with E-state index in [9.17, 15) is 0 Å². The first kappa shape index (κ1) is 19.4. The summed E-state index contributed by atoms with van der Waals surface area (Å²) >= 11 is 0. The van der Waals surface area contributed by atoms with Gasteiger partial charge < -0.3 is 4.42 Å². The molecule has 3 heterocycles. The summed E-state index contributed by atoms with van der Waals surface area (Å²) in [6.07, 6.45) is 0. The number of hydrogen-bond donors (Lipinski definition) is 0. The largest absolute Gasteiger partial charge is 0.452 e. The van der Waals surface area contributed by atoms with Gasteiger partial charge >= 0.3 is 0 Å². The highest BCUT2D eigenvalue weighted by atomic mass is 16.3. The van der Waals surface area contributed by atoms with Crippen molar-refractivity contribution in [2.24, 2.45) is 0 Å². The minimum Gasteiger partial charge on any atom is -0.452 e. The van der Waals surface area contributed by atoms with Gasteiger partial charge in [0.2, 0.25) is 5.95 Å². The molecule has 0 bridgehead atoms. The molecule has 0 spiro atoms. The first-order valence-corrected chi connectivity index (χ1v) is 12.0. The average molecular weight is 462 g/mol. The molecule has 4 heteroatoms. The highest BCUT2D eigenvalue weighted by Gasteiger charge is 2.20. The van der Waals surface area contributed by atoms with Crippen LogP contribution in [0.3, 0.4) is 0 Å². The summed E-state index contributed by atoms with van der Waals surface area (Å²) in [4.78, 5) is 10.3. The number of para-hydroxylation sites is 2. The van der Waals surface area contributed by atoms with Crippen molar-refractivity contribution in [1.82, 2.24) is 14.5 Å². The van der Waals surface area contributed by atoms with Gasteiger partial charge in [-0.15, -0.1) is 0 Å². The monoisotopic (exact) mass is 461 g/mol. The Balaban J connectivity index is 1.55. The number of furan rings is 1. The first-order chi connectivity index (χ1) is 17.8. The Labute approximate surface area is 206 Å². The van der Waals surface area contributed by atoms with Crippen molar-refractivity contribution in [3.63, 3.8) is 0 Å². The van der Waals surface area contributed by atoms with Crippen molar-refractivity contribution in [3.8, 4) is 17.2 Å². The average Bonchev–Trinajstić information content (AvgIpc) is 3.47. The Morgan fingerprint density at radius 2 is 1.25 bits per heavy atom. The smallest absolute Gasteiger partial charge is 0.236 e. The lowest BCUT2D eigenvalue weighted by atomic mass is 10.1. The lowest BCUT2D eigenvalue weighted by molar-refractivity contribution is 0.666. The van der Waals surface area contributed by atoms with Gasteiger partial charge in [-0.05, 0) is 41.1 Å². The summed E-state index contributed by atoms with van der Waals surface area (Å²) in [5.41, 5.74) is 6.29. The van der Waals surface area contributed by atoms with Gasteiger partial charge in [0.1, 0.15) is 16.8 Å². The molecule has 8 aromatic rings. The number of fused-ring (bicyclic) bond motifs is 7. The summed E-state index contributed by atoms with van der Waals surface area (Å²) in [6, 6.07) is 39.7. The molecule has 0 radical (unpaired) electrons. The van der Waals surface area contributed by atoms with Crippen LogP contribution in [-0.4, -0.2) is 14.5 Å². The third kappa shape index (κ3) is 2.70. The van der Waals surface area contributed by atoms with Crippen LogP contribution < -0.4 is 0 Å². The highest BCUT2D eigenvalue weighted by Crippen LogP contribution is 2.37. The van der Waals surface area contributed by atoms with E-state index in [2.05, 4.69) is 83.4 Å². The fraction of sp³-hybridized carbons (Fsp3) is 0. The van der Waals surface area contributed by atoms with Crippen molar-refractivity contribution in [3.05, 3.63) is 115 Å². The Bertz CT molecular complexity index is 2100. The van der Waals surface area contributed by atoms with Crippen LogP contribution in [0.4, 0.5) is 0 Å². The molecule has 4 nitrogen and oxygen atoms in total. The van der Waals surface area contributed by atoms with Crippen LogP contribution in [0, 0.1) is 0 Å². The summed E-state index contributed by atoms with van der Waals surface area (Å²) in [7, 11) is 0. The van der Waals surface area contributed by atoms with Gasteiger partial charge in [-0.25, -0.2) is 9.97 Å². The van der Waals surface area contributed by atoms with Gasteiger partial charge in [-0.2, -0.15) is 0 Å². The van der Waals surface area contributed by atoms with Gasteiger partial charge in [0, 0.05) is 21.7 Å². The highest BCUT2D eigenvalue weighted by molar-refractivity contribution is 6.14. The quantitative estimate of drug-likeness (QED) is 0.260. The molecule has 0 aliphatic carbocycles. The molecule has 5 aromatic carbocycles. The normalized spacial score (nSPS) is 11.9. The Morgan fingerprint density at radius 3 is 2.11 bits per heavy atom. The molecule has 0 N–H and O–H groups in total. The molecule has 0 saturated carbocycles. The van der Waals surface area contributed by atoms with Crippen LogP contribution in [0.1, 0.15) is 0 Å². The van der Waals surface area contributed by atoms with Crippen LogP contribution in [0.25, 0.3) is 71.9 Å². The predicted octanol–water partition coefficient (Wildman–Crippen LogP) is 8.29. The van der Waals surface area contributed by atoms with E-state index in [-0.39, 0.29) is 0 Å². The third-order valence-corrected chi connectivity index (χ3v) is 7.00. The van der Waals surface area contributed by atoms with E-state index in [1.807, 2.05) is 36.4 Å². The van der Waals surface area contributed by atoms with Crippen molar-refractivity contribution in [2.45, 2.75) is 0 Å². The summed E-state index contributed by atoms with van der Waals surface area (Å²) in [5, 5.41) is 5.76. The molecule has 0 saturated heterocycles. The maximum atomic E-state index is 6.31. The molecular formula is C32H19N3O. The lowest BCUT2D eigenvalue weighted by Crippen LogP contribution is -2.02. The Hall–Kier alpha value is -4.96. The zero-order chi connectivity index (χ0) is 23.6. The van der Waals surface area contributed by atoms with Gasteiger partial charge in [0.05, 0.1) is 11.0 Å². The second-order valence-corrected chi connectivity index (χ2v) is 9.08. The van der Waals surface area contributed by atoms with Crippen molar-refractivity contribution in [1.29, 1.82) is 0 Å². The summed E-state index contributed by atoms with van der Waals surface area (Å²) < 4.78 is 8.49. The number of hydrogen-bond acceptors (Lipinski definition) is 3. The number of rotatable bonds is 2. The first-order valence-electron chi connectivity index (χ1n) is 12.0. The van der Waals surface area contributed by atoms with E-state index in [0.29, 0.717) is 11.5 Å². The standard InChI is InChI=1S/C32H19N3O/c1-2-10-20(11-3-1)29-31-30(24-15-7-9-17-28(24)36-31)34-32(33-29)35-26-16-8-6-14-23(26)25-18-21-12-4-5-13-22(21)19-27(25)35/h1-19H. The minimum absolute atomic E-state index is 0.634. The van der Waals surface area contributed by atoms with Gasteiger partial charge in [0.15, 0.2) is 5.58 Å². The van der Waals surface area contributed by atoms with E-state index >= 15 is 0 Å². The molecule has 0 fully saturated rings. The molecular weight excluding hydrogens is 442 g/mol. The molecule has 0 unspecified atom stereocenters. The zero-order valence-corrected chi connectivity index (χ0v) is 19.2. The van der Waals surface area contributed by atoms with E-state index in [1.165, 1.54) is 21.5 Å². The maximum absolute atomic E-state index is 6.31. The molecule has 36 heavy (non-hydrogen) atoms. The van der Waals surface area contributed by atoms with Crippen molar-refractivity contribution >= 4 is 54.6 Å². The van der Waals surface area contributed by atoms with E-state index in [1.54, 1.807) is 0 Å². The van der Waals surface area contributed by atoms with Crippen LogP contribution in [0.2, 0.25) is 0 Å². The predicted molar refractivity (Wildman–Crippen MR) is 147 cm³/mol. The summed E-state index contributed by atoms with van der Waals surface area (Å²) in [6.45, 7) is 0. The second kappa shape index (κ2) is 7.27. The fourth-order valence-electron chi connectivity index (χ4n) is 5.34. The van der Waals surface area contributed by atoms with Crippen LogP contribution in [0.5, 0.6) is 0 Å². The SMILES string of the molecule is c1ccc(-c2nc(-n3c4ccccc4c4cc5ccccc5cc43)nc3c2oc2ccccc23)cc1. The number of benzene rings is 5. The lowest BCUT2D eigenvalue weighted by Gasteiger charge is -2.09. The van der Waals surface area contributed by atoms with Gasteiger partial charge in [-0.1, -0.05) is 84.9 Å². The van der Waals surface area contributed by atoms with E-state index in [4.69, 9.17) is 14.4 Å². The zero-order valence-electron chi connectivity index (χ0n) is 19.2. The Kier molecular flexibility index (Phi) is 3.91. The van der Waals surface area contributed by atoms with Gasteiger partial charge in [0.25, 0.3) is 0 Å². The van der Waals surface area contributed by atoms with Gasteiger partial charge in [-0.3, -0.25) is 4.57 Å². The second-order valence-electron chi connectivity index (χ2n) is 9.08. The van der Waals surface area contributed by atoms with E-state index in [0.717, 1.165) is 38.8 Å². The minimum atomic E-state index is 0.634. The topological polar surface area (TPSA) is 43.9 Å². The summed E-state index contributed by atoms with van der Waals surface area (Å²) in [5.74, 6) is 0.634. The molecule has 8 rings (SSSR count). The molecule has 0 aliphatic heterocycles. The fourth-order valence-corrected chi connectivity index (χ4v) is 5.34. The Morgan fingerprint density at radius 1 is 0.556 bits per heavy atom. The molecule has 3 aromatic heterocycles.